The van der Waals surface area contributed by atoms with Crippen molar-refractivity contribution in [2.24, 2.45) is 17.3 Å². The molecule has 0 radical (unpaired) electrons. The Morgan fingerprint density at radius 2 is 2.00 bits per heavy atom. The molecule has 0 spiro atoms. The number of carbonyl (C=O) groups is 1. The summed E-state index contributed by atoms with van der Waals surface area (Å²) >= 11 is 15.8. The summed E-state index contributed by atoms with van der Waals surface area (Å²) in [5.74, 6) is -1.84. The molecule has 0 saturated heterocycles. The summed E-state index contributed by atoms with van der Waals surface area (Å²) in [6, 6.07) is 0. The Balaban J connectivity index is 2.83. The van der Waals surface area contributed by atoms with Gasteiger partial charge in [0.25, 0.3) is 4.59 Å². The van der Waals surface area contributed by atoms with Gasteiger partial charge in [0.1, 0.15) is 0 Å². The van der Waals surface area contributed by atoms with Gasteiger partial charge in [-0.25, -0.2) is 4.39 Å². The molecule has 1 fully saturated rings. The van der Waals surface area contributed by atoms with E-state index in [0.29, 0.717) is 0 Å². The minimum Gasteiger partial charge on any atom is -0.481 e. The van der Waals surface area contributed by atoms with Gasteiger partial charge in [-0.1, -0.05) is 54.7 Å². The molecule has 2 atom stereocenters. The molecule has 0 aromatic rings. The van der Waals surface area contributed by atoms with E-state index in [1.54, 1.807) is 13.8 Å². The monoisotopic (exact) mass is 274 g/mol. The van der Waals surface area contributed by atoms with Gasteiger partial charge < -0.3 is 5.11 Å². The van der Waals surface area contributed by atoms with E-state index in [1.807, 2.05) is 0 Å². The van der Waals surface area contributed by atoms with Crippen LogP contribution in [-0.2, 0) is 4.79 Å². The van der Waals surface area contributed by atoms with Gasteiger partial charge in [-0.15, -0.1) is 0 Å². The highest BCUT2D eigenvalue weighted by Gasteiger charge is 2.61. The van der Waals surface area contributed by atoms with Crippen molar-refractivity contribution in [1.82, 2.24) is 0 Å². The maximum atomic E-state index is 12.9. The summed E-state index contributed by atoms with van der Waals surface area (Å²) in [4.78, 5) is 10.8. The van der Waals surface area contributed by atoms with Gasteiger partial charge in [0.15, 0.2) is 0 Å². The Bertz CT molecular complexity index is 320. The predicted molar refractivity (Wildman–Crippen MR) is 57.9 cm³/mol. The lowest BCUT2D eigenvalue weighted by molar-refractivity contribution is -0.139. The van der Waals surface area contributed by atoms with Crippen LogP contribution in [-0.4, -0.2) is 15.7 Å². The number of allylic oxidation sites excluding steroid dienone is 2. The Morgan fingerprint density at radius 3 is 2.27 bits per heavy atom. The minimum atomic E-state index is -2.65. The van der Waals surface area contributed by atoms with E-state index in [2.05, 4.69) is 0 Å². The van der Waals surface area contributed by atoms with Gasteiger partial charge in [0.05, 0.1) is 11.0 Å². The molecule has 1 N–H and O–H groups in total. The first kappa shape index (κ1) is 13.1. The second-order valence-corrected chi connectivity index (χ2v) is 5.82. The van der Waals surface area contributed by atoms with Crippen molar-refractivity contribution >= 4 is 40.8 Å². The van der Waals surface area contributed by atoms with Crippen molar-refractivity contribution < 1.29 is 14.3 Å². The molecule has 1 saturated carbocycles. The summed E-state index contributed by atoms with van der Waals surface area (Å²) in [5, 5.41) is 8.46. The maximum Gasteiger partial charge on any atom is 0.307 e. The van der Waals surface area contributed by atoms with Crippen LogP contribution < -0.4 is 0 Å². The standard InChI is InChI=1S/C9H10Cl3FO2/c1-8(2)4(6(8)7(14)15)3-5(10)9(11,12)13/h3-4,6H,1-2H3,(H,14,15). The molecule has 6 heteroatoms. The van der Waals surface area contributed by atoms with Crippen molar-refractivity contribution in [3.05, 3.63) is 11.1 Å². The third-order valence-electron chi connectivity index (χ3n) is 2.77. The fourth-order valence-electron chi connectivity index (χ4n) is 1.71. The van der Waals surface area contributed by atoms with Gasteiger partial charge in [0.2, 0.25) is 0 Å². The molecule has 2 unspecified atom stereocenters. The van der Waals surface area contributed by atoms with Crippen molar-refractivity contribution in [2.75, 3.05) is 0 Å². The highest BCUT2D eigenvalue weighted by molar-refractivity contribution is 6.54. The molecule has 1 aliphatic carbocycles. The van der Waals surface area contributed by atoms with Crippen molar-refractivity contribution in [2.45, 2.75) is 18.4 Å². The van der Waals surface area contributed by atoms with Crippen LogP contribution in [0.15, 0.2) is 11.1 Å². The van der Waals surface area contributed by atoms with E-state index >= 15 is 0 Å². The molecule has 0 aromatic heterocycles. The van der Waals surface area contributed by atoms with Gasteiger partial charge in [-0.3, -0.25) is 4.79 Å². The second kappa shape index (κ2) is 3.79. The highest BCUT2D eigenvalue weighted by Crippen LogP contribution is 2.60. The molecular weight excluding hydrogens is 265 g/mol. The van der Waals surface area contributed by atoms with Crippen LogP contribution in [0, 0.1) is 17.3 Å². The van der Waals surface area contributed by atoms with Crippen LogP contribution in [0.5, 0.6) is 0 Å². The summed E-state index contributed by atoms with van der Waals surface area (Å²) in [5.41, 5.74) is -0.439. The Morgan fingerprint density at radius 1 is 1.53 bits per heavy atom. The summed E-state index contributed by atoms with van der Waals surface area (Å²) in [6.07, 6.45) is 1.28. The van der Waals surface area contributed by atoms with E-state index < -0.39 is 21.9 Å². The maximum absolute atomic E-state index is 12.9. The third-order valence-corrected chi connectivity index (χ3v) is 3.76. The van der Waals surface area contributed by atoms with Crippen LogP contribution in [0.25, 0.3) is 0 Å². The molecule has 0 amide bonds. The number of hydrogen-bond acceptors (Lipinski definition) is 1. The quantitative estimate of drug-likeness (QED) is 0.800. The van der Waals surface area contributed by atoms with Gasteiger partial charge in [-0.05, 0) is 11.3 Å². The average Bonchev–Trinajstić information content (AvgIpc) is 2.50. The number of carboxylic acids is 1. The minimum absolute atomic E-state index is 0.338. The zero-order chi connectivity index (χ0) is 12.0. The zero-order valence-corrected chi connectivity index (χ0v) is 10.4. The SMILES string of the molecule is CC1(C)C(C=C(Cl)C(F)(Cl)Cl)C1C(=O)O. The first-order valence-corrected chi connectivity index (χ1v) is 5.39. The van der Waals surface area contributed by atoms with E-state index in [0.717, 1.165) is 0 Å². The first-order chi connectivity index (χ1) is 6.58. The Labute approximate surface area is 102 Å². The number of alkyl halides is 3. The molecule has 1 aliphatic rings. The highest BCUT2D eigenvalue weighted by atomic mass is 35.5. The van der Waals surface area contributed by atoms with E-state index in [9.17, 15) is 9.18 Å². The van der Waals surface area contributed by atoms with Crippen LogP contribution in [0.3, 0.4) is 0 Å². The third kappa shape index (κ3) is 2.58. The van der Waals surface area contributed by atoms with Crippen molar-refractivity contribution in [3.8, 4) is 0 Å². The zero-order valence-electron chi connectivity index (χ0n) is 8.10. The fraction of sp³-hybridized carbons (Fsp3) is 0.667. The van der Waals surface area contributed by atoms with Crippen molar-refractivity contribution in [1.29, 1.82) is 0 Å². The normalized spacial score (nSPS) is 30.1. The lowest BCUT2D eigenvalue weighted by Gasteiger charge is -2.07. The molecule has 0 heterocycles. The molecular formula is C9H10Cl3FO2. The topological polar surface area (TPSA) is 37.3 Å². The average molecular weight is 276 g/mol. The lowest BCUT2D eigenvalue weighted by Crippen LogP contribution is -2.04. The number of aliphatic carboxylic acids is 1. The van der Waals surface area contributed by atoms with Gasteiger partial charge in [-0.2, -0.15) is 0 Å². The molecule has 86 valence electrons. The molecule has 0 aliphatic heterocycles. The lowest BCUT2D eigenvalue weighted by atomic mass is 10.1. The fourth-order valence-corrected chi connectivity index (χ4v) is 1.97. The van der Waals surface area contributed by atoms with Gasteiger partial charge >= 0.3 is 5.97 Å². The summed E-state index contributed by atoms with van der Waals surface area (Å²) in [6.45, 7) is 3.53. The van der Waals surface area contributed by atoms with Crippen LogP contribution in [0.4, 0.5) is 4.39 Å². The molecule has 0 bridgehead atoms. The van der Waals surface area contributed by atoms with Crippen molar-refractivity contribution in [3.63, 3.8) is 0 Å². The summed E-state index contributed by atoms with van der Waals surface area (Å²) in [7, 11) is 0. The molecule has 15 heavy (non-hydrogen) atoms. The second-order valence-electron chi connectivity index (χ2n) is 4.18. The number of halogens is 4. The smallest absolute Gasteiger partial charge is 0.307 e. The van der Waals surface area contributed by atoms with Gasteiger partial charge in [0, 0.05) is 0 Å². The summed E-state index contributed by atoms with van der Waals surface area (Å²) < 4.78 is 10.3. The Hall–Kier alpha value is 0.01000. The molecule has 0 aromatic carbocycles. The molecule has 1 rings (SSSR count). The first-order valence-electron chi connectivity index (χ1n) is 4.26. The number of carboxylic acid groups (broad SMARTS) is 1. The Kier molecular flexibility index (Phi) is 3.30. The predicted octanol–water partition coefficient (Wildman–Crippen LogP) is 3.57. The van der Waals surface area contributed by atoms with Crippen LogP contribution >= 0.6 is 34.8 Å². The van der Waals surface area contributed by atoms with E-state index in [4.69, 9.17) is 39.9 Å². The van der Waals surface area contributed by atoms with Crippen LogP contribution in [0.1, 0.15) is 13.8 Å². The number of hydrogen-bond donors (Lipinski definition) is 1. The number of rotatable bonds is 3. The van der Waals surface area contributed by atoms with E-state index in [-0.39, 0.29) is 11.0 Å². The van der Waals surface area contributed by atoms with Crippen LogP contribution in [0.2, 0.25) is 0 Å². The largest absolute Gasteiger partial charge is 0.481 e. The van der Waals surface area contributed by atoms with E-state index in [1.165, 1.54) is 6.08 Å². The molecule has 2 nitrogen and oxygen atoms in total.